The summed E-state index contributed by atoms with van der Waals surface area (Å²) in [5.41, 5.74) is 1.09. The highest BCUT2D eigenvalue weighted by Gasteiger charge is 2.43. The molecule has 1 fully saturated rings. The summed E-state index contributed by atoms with van der Waals surface area (Å²) in [7, 11) is -0.495. The molecule has 0 radical (unpaired) electrons. The van der Waals surface area contributed by atoms with Crippen molar-refractivity contribution in [2.75, 3.05) is 0 Å². The molecule has 5 nitrogen and oxygen atoms in total. The first kappa shape index (κ1) is 12.0. The maximum absolute atomic E-state index is 5.81. The number of aromatic nitrogens is 2. The van der Waals surface area contributed by atoms with Crippen molar-refractivity contribution in [3.05, 3.63) is 43.3 Å². The Morgan fingerprint density at radius 3 is 2.79 bits per heavy atom. The molecule has 96 valence electrons. The van der Waals surface area contributed by atoms with Crippen LogP contribution in [0.25, 0.3) is 11.5 Å². The third kappa shape index (κ3) is 2.15. The van der Waals surface area contributed by atoms with Crippen LogP contribution in [0.5, 0.6) is 0 Å². The van der Waals surface area contributed by atoms with Gasteiger partial charge in [-0.2, -0.15) is 0 Å². The summed E-state index contributed by atoms with van der Waals surface area (Å²) in [5.74, 6) is 1.13. The van der Waals surface area contributed by atoms with Gasteiger partial charge in [0.25, 0.3) is 0 Å². The standard InChI is InChI=1S/C13H13BN2O3/c1-9-13(2,3)19-14(18-9)11-6-10(7-15-8-11)12-16-4-5-17-12/h4-8H,1H2,2-3H3. The van der Waals surface area contributed by atoms with Crippen LogP contribution in [0.15, 0.2) is 47.7 Å². The molecule has 19 heavy (non-hydrogen) atoms. The van der Waals surface area contributed by atoms with E-state index < -0.39 is 12.7 Å². The molecule has 1 aliphatic heterocycles. The minimum Gasteiger partial charge on any atom is -0.534 e. The molecule has 2 aromatic heterocycles. The second-order valence-electron chi connectivity index (χ2n) is 4.85. The average Bonchev–Trinajstić information content (AvgIpc) is 2.99. The fourth-order valence-corrected chi connectivity index (χ4v) is 1.83. The molecule has 0 N–H and O–H groups in total. The van der Waals surface area contributed by atoms with Crippen molar-refractivity contribution in [3.63, 3.8) is 0 Å². The Morgan fingerprint density at radius 1 is 1.32 bits per heavy atom. The molecule has 0 bridgehead atoms. The van der Waals surface area contributed by atoms with Crippen molar-refractivity contribution >= 4 is 12.6 Å². The van der Waals surface area contributed by atoms with E-state index in [4.69, 9.17) is 13.7 Å². The van der Waals surface area contributed by atoms with Gasteiger partial charge in [0.2, 0.25) is 5.89 Å². The van der Waals surface area contributed by atoms with Gasteiger partial charge in [-0.1, -0.05) is 6.58 Å². The second-order valence-corrected chi connectivity index (χ2v) is 4.85. The molecular formula is C13H13BN2O3. The highest BCUT2D eigenvalue weighted by atomic mass is 16.7. The van der Waals surface area contributed by atoms with Crippen LogP contribution in [0.2, 0.25) is 0 Å². The smallest absolute Gasteiger partial charge is 0.534 e. The fraction of sp³-hybridized carbons (Fsp3) is 0.231. The zero-order valence-corrected chi connectivity index (χ0v) is 10.8. The van der Waals surface area contributed by atoms with Crippen molar-refractivity contribution in [3.8, 4) is 11.5 Å². The largest absolute Gasteiger partial charge is 0.564 e. The SMILES string of the molecule is C=C1OB(c2cncc(-c3ncco3)c2)OC1(C)C. The minimum absolute atomic E-state index is 0.495. The number of rotatable bonds is 2. The normalized spacial score (nSPS) is 17.6. The van der Waals surface area contributed by atoms with Crippen LogP contribution >= 0.6 is 0 Å². The van der Waals surface area contributed by atoms with Gasteiger partial charge in [0.15, 0.2) is 0 Å². The summed E-state index contributed by atoms with van der Waals surface area (Å²) in [6.45, 7) is 7.69. The van der Waals surface area contributed by atoms with Crippen LogP contribution in [-0.2, 0) is 9.31 Å². The lowest BCUT2D eigenvalue weighted by molar-refractivity contribution is 0.173. The summed E-state index contributed by atoms with van der Waals surface area (Å²) in [6, 6.07) is 1.89. The lowest BCUT2D eigenvalue weighted by atomic mass is 9.80. The van der Waals surface area contributed by atoms with E-state index in [2.05, 4.69) is 16.5 Å². The number of oxazole rings is 1. The molecule has 0 saturated carbocycles. The third-order valence-electron chi connectivity index (χ3n) is 3.03. The second kappa shape index (κ2) is 4.24. The molecule has 0 aromatic carbocycles. The van der Waals surface area contributed by atoms with Gasteiger partial charge in [0.1, 0.15) is 11.9 Å². The molecule has 0 amide bonds. The Morgan fingerprint density at radius 2 is 2.16 bits per heavy atom. The van der Waals surface area contributed by atoms with Crippen LogP contribution < -0.4 is 5.46 Å². The van der Waals surface area contributed by atoms with E-state index in [1.165, 1.54) is 6.26 Å². The highest BCUT2D eigenvalue weighted by Crippen LogP contribution is 2.29. The summed E-state index contributed by atoms with van der Waals surface area (Å²) in [6.07, 6.45) is 6.50. The maximum atomic E-state index is 5.81. The monoisotopic (exact) mass is 256 g/mol. The van der Waals surface area contributed by atoms with Gasteiger partial charge < -0.3 is 13.7 Å². The molecule has 3 heterocycles. The molecule has 0 unspecified atom stereocenters. The molecule has 0 atom stereocenters. The van der Waals surface area contributed by atoms with E-state index in [-0.39, 0.29) is 0 Å². The number of hydrogen-bond donors (Lipinski definition) is 0. The average molecular weight is 256 g/mol. The van der Waals surface area contributed by atoms with Crippen molar-refractivity contribution in [1.29, 1.82) is 0 Å². The first-order valence-electron chi connectivity index (χ1n) is 5.95. The van der Waals surface area contributed by atoms with Crippen LogP contribution in [0.4, 0.5) is 0 Å². The van der Waals surface area contributed by atoms with Crippen LogP contribution in [0.1, 0.15) is 13.8 Å². The number of nitrogens with zero attached hydrogens (tertiary/aromatic N) is 2. The quantitative estimate of drug-likeness (QED) is 0.766. The van der Waals surface area contributed by atoms with Crippen molar-refractivity contribution < 1.29 is 13.7 Å². The fourth-order valence-electron chi connectivity index (χ4n) is 1.83. The Labute approximate surface area is 111 Å². The molecule has 6 heteroatoms. The summed E-state index contributed by atoms with van der Waals surface area (Å²) >= 11 is 0. The molecule has 1 saturated heterocycles. The summed E-state index contributed by atoms with van der Waals surface area (Å²) in [5, 5.41) is 0. The summed E-state index contributed by atoms with van der Waals surface area (Å²) < 4.78 is 16.7. The molecular weight excluding hydrogens is 243 g/mol. The molecule has 1 aliphatic rings. The van der Waals surface area contributed by atoms with E-state index in [1.807, 2.05) is 19.9 Å². The van der Waals surface area contributed by atoms with Gasteiger partial charge in [0, 0.05) is 17.9 Å². The Kier molecular flexibility index (Phi) is 2.67. The van der Waals surface area contributed by atoms with E-state index in [0.717, 1.165) is 11.0 Å². The zero-order chi connectivity index (χ0) is 13.5. The maximum Gasteiger partial charge on any atom is 0.564 e. The van der Waals surface area contributed by atoms with E-state index in [0.29, 0.717) is 11.6 Å². The predicted octanol–water partition coefficient (Wildman–Crippen LogP) is 1.77. The van der Waals surface area contributed by atoms with Gasteiger partial charge in [-0.05, 0) is 19.9 Å². The Bertz CT molecular complexity index is 610. The third-order valence-corrected chi connectivity index (χ3v) is 3.03. The van der Waals surface area contributed by atoms with E-state index in [1.54, 1.807) is 18.6 Å². The molecule has 0 aliphatic carbocycles. The van der Waals surface area contributed by atoms with E-state index in [9.17, 15) is 0 Å². The first-order valence-corrected chi connectivity index (χ1v) is 5.95. The Hall–Kier alpha value is -2.08. The van der Waals surface area contributed by atoms with Crippen molar-refractivity contribution in [2.45, 2.75) is 19.4 Å². The first-order chi connectivity index (χ1) is 9.06. The lowest BCUT2D eigenvalue weighted by Gasteiger charge is -2.15. The zero-order valence-electron chi connectivity index (χ0n) is 10.8. The molecule has 3 rings (SSSR count). The lowest BCUT2D eigenvalue weighted by Crippen LogP contribution is -2.34. The number of pyridine rings is 1. The van der Waals surface area contributed by atoms with Crippen LogP contribution in [-0.4, -0.2) is 22.7 Å². The van der Waals surface area contributed by atoms with Crippen LogP contribution in [0.3, 0.4) is 0 Å². The highest BCUT2D eigenvalue weighted by molar-refractivity contribution is 6.62. The van der Waals surface area contributed by atoms with Crippen molar-refractivity contribution in [2.24, 2.45) is 0 Å². The van der Waals surface area contributed by atoms with Crippen molar-refractivity contribution in [1.82, 2.24) is 9.97 Å². The number of hydrogen-bond acceptors (Lipinski definition) is 5. The predicted molar refractivity (Wildman–Crippen MR) is 70.5 cm³/mol. The van der Waals surface area contributed by atoms with Gasteiger partial charge >= 0.3 is 7.12 Å². The summed E-state index contributed by atoms with van der Waals surface area (Å²) in [4.78, 5) is 8.26. The topological polar surface area (TPSA) is 57.4 Å². The van der Waals surface area contributed by atoms with Crippen LogP contribution in [0, 0.1) is 0 Å². The van der Waals surface area contributed by atoms with Gasteiger partial charge in [-0.25, -0.2) is 4.98 Å². The van der Waals surface area contributed by atoms with Gasteiger partial charge in [0.05, 0.1) is 17.5 Å². The minimum atomic E-state index is -0.496. The van der Waals surface area contributed by atoms with Gasteiger partial charge in [-0.15, -0.1) is 0 Å². The Balaban J connectivity index is 1.91. The molecule has 0 spiro atoms. The molecule has 2 aromatic rings. The van der Waals surface area contributed by atoms with Gasteiger partial charge in [-0.3, -0.25) is 4.98 Å². The van der Waals surface area contributed by atoms with E-state index >= 15 is 0 Å².